The summed E-state index contributed by atoms with van der Waals surface area (Å²) in [7, 11) is 0. The molecule has 3 heteroatoms. The number of carbonyl (C=O) groups is 2. The van der Waals surface area contributed by atoms with Crippen LogP contribution in [-0.2, 0) is 9.59 Å². The average Bonchev–Trinajstić information content (AvgIpc) is 2.47. The van der Waals surface area contributed by atoms with E-state index in [1.54, 1.807) is 0 Å². The minimum atomic E-state index is -0.255. The molecule has 0 aromatic rings. The second kappa shape index (κ2) is 8.64. The van der Waals surface area contributed by atoms with Crippen LogP contribution in [0.1, 0.15) is 74.1 Å². The molecular formula is C21H35NO2. The van der Waals surface area contributed by atoms with E-state index in [-0.39, 0.29) is 29.1 Å². The minimum absolute atomic E-state index is 0.00171. The van der Waals surface area contributed by atoms with Crippen molar-refractivity contribution in [2.75, 3.05) is 0 Å². The number of allylic oxidation sites excluding steroid dienone is 3. The first-order valence-electron chi connectivity index (χ1n) is 9.27. The van der Waals surface area contributed by atoms with E-state index in [4.69, 9.17) is 0 Å². The maximum Gasteiger partial charge on any atom is 0.247 e. The number of carbonyl (C=O) groups excluding carboxylic acids is 2. The van der Waals surface area contributed by atoms with Crippen LogP contribution in [0.5, 0.6) is 0 Å². The largest absolute Gasteiger partial charge is 0.347 e. The molecule has 1 N–H and O–H groups in total. The van der Waals surface area contributed by atoms with Gasteiger partial charge in [0.25, 0.3) is 0 Å². The van der Waals surface area contributed by atoms with Crippen LogP contribution < -0.4 is 5.32 Å². The first-order valence-corrected chi connectivity index (χ1v) is 9.27. The lowest BCUT2D eigenvalue weighted by atomic mass is 9.71. The van der Waals surface area contributed by atoms with Crippen LogP contribution in [-0.4, -0.2) is 17.2 Å². The zero-order valence-electron chi connectivity index (χ0n) is 16.5. The number of nitrogens with one attached hydrogen (secondary N) is 1. The summed E-state index contributed by atoms with van der Waals surface area (Å²) in [5, 5.41) is 3.20. The van der Waals surface area contributed by atoms with Gasteiger partial charge in [0.05, 0.1) is 0 Å². The van der Waals surface area contributed by atoms with E-state index < -0.39 is 0 Å². The fraction of sp³-hybridized carbons (Fsp3) is 0.714. The highest BCUT2D eigenvalue weighted by atomic mass is 16.2. The highest BCUT2D eigenvalue weighted by Gasteiger charge is 2.37. The van der Waals surface area contributed by atoms with Crippen LogP contribution in [0.15, 0.2) is 23.3 Å². The average molecular weight is 334 g/mol. The standard InChI is InChI=1S/C21H35NO2/c1-8-15(4)19-16(5)18(23)12-11-17(19)20(24)22-21(6,7)13-9-10-14(2)3/h10-11,15-16,19H,8-9,12-13H2,1-7H3,(H,22,24)/t15?,16-,19+/m0/s1. The third-order valence-corrected chi connectivity index (χ3v) is 5.22. The first-order chi connectivity index (χ1) is 11.1. The molecule has 0 fully saturated rings. The fourth-order valence-corrected chi connectivity index (χ4v) is 3.46. The highest BCUT2D eigenvalue weighted by Crippen LogP contribution is 2.36. The van der Waals surface area contributed by atoms with Gasteiger partial charge in [-0.1, -0.05) is 44.9 Å². The summed E-state index contributed by atoms with van der Waals surface area (Å²) in [6.07, 6.45) is 7.28. The quantitative estimate of drug-likeness (QED) is 0.679. The molecule has 136 valence electrons. The van der Waals surface area contributed by atoms with Crippen molar-refractivity contribution in [3.05, 3.63) is 23.3 Å². The number of hydrogen-bond acceptors (Lipinski definition) is 2. The van der Waals surface area contributed by atoms with Gasteiger partial charge in [0, 0.05) is 29.4 Å². The third kappa shape index (κ3) is 5.61. The Hall–Kier alpha value is -1.38. The van der Waals surface area contributed by atoms with Gasteiger partial charge in [-0.25, -0.2) is 0 Å². The molecule has 0 aromatic carbocycles. The molecule has 0 saturated carbocycles. The van der Waals surface area contributed by atoms with E-state index in [0.29, 0.717) is 12.3 Å². The van der Waals surface area contributed by atoms with E-state index >= 15 is 0 Å². The topological polar surface area (TPSA) is 46.2 Å². The maximum absolute atomic E-state index is 12.9. The molecule has 0 spiro atoms. The Balaban J connectivity index is 2.87. The fourth-order valence-electron chi connectivity index (χ4n) is 3.46. The second-order valence-corrected chi connectivity index (χ2v) is 8.19. The highest BCUT2D eigenvalue weighted by molar-refractivity contribution is 5.98. The Kier molecular flexibility index (Phi) is 7.44. The molecular weight excluding hydrogens is 298 g/mol. The summed E-state index contributed by atoms with van der Waals surface area (Å²) in [6.45, 7) is 14.6. The zero-order chi connectivity index (χ0) is 18.5. The smallest absolute Gasteiger partial charge is 0.247 e. The lowest BCUT2D eigenvalue weighted by Gasteiger charge is -2.35. The van der Waals surface area contributed by atoms with Gasteiger partial charge in [-0.2, -0.15) is 0 Å². The van der Waals surface area contributed by atoms with Crippen LogP contribution in [0, 0.1) is 17.8 Å². The summed E-state index contributed by atoms with van der Waals surface area (Å²) in [5.74, 6) is 0.542. The van der Waals surface area contributed by atoms with Crippen molar-refractivity contribution < 1.29 is 9.59 Å². The number of Topliss-reactive ketones (excluding diaryl/α,β-unsaturated/α-hetero) is 1. The van der Waals surface area contributed by atoms with Crippen molar-refractivity contribution in [2.45, 2.75) is 79.7 Å². The van der Waals surface area contributed by atoms with Gasteiger partial charge < -0.3 is 5.32 Å². The van der Waals surface area contributed by atoms with Crippen molar-refractivity contribution in [2.24, 2.45) is 17.8 Å². The molecule has 0 heterocycles. The Morgan fingerprint density at radius 2 is 2.04 bits per heavy atom. The van der Waals surface area contributed by atoms with E-state index in [2.05, 4.69) is 52.9 Å². The molecule has 3 atom stereocenters. The molecule has 0 aliphatic heterocycles. The second-order valence-electron chi connectivity index (χ2n) is 8.19. The number of hydrogen-bond donors (Lipinski definition) is 1. The van der Waals surface area contributed by atoms with Crippen molar-refractivity contribution in [1.82, 2.24) is 5.32 Å². The van der Waals surface area contributed by atoms with Crippen molar-refractivity contribution in [3.8, 4) is 0 Å². The molecule has 0 saturated heterocycles. The Morgan fingerprint density at radius 1 is 1.42 bits per heavy atom. The van der Waals surface area contributed by atoms with Crippen LogP contribution in [0.4, 0.5) is 0 Å². The molecule has 1 amide bonds. The summed E-state index contributed by atoms with van der Waals surface area (Å²) >= 11 is 0. The predicted octanol–water partition coefficient (Wildman–Crippen LogP) is 4.83. The summed E-state index contributed by atoms with van der Waals surface area (Å²) in [6, 6.07) is 0. The minimum Gasteiger partial charge on any atom is -0.347 e. The number of amides is 1. The lowest BCUT2D eigenvalue weighted by molar-refractivity contribution is -0.125. The monoisotopic (exact) mass is 333 g/mol. The van der Waals surface area contributed by atoms with Crippen LogP contribution in [0.3, 0.4) is 0 Å². The van der Waals surface area contributed by atoms with Crippen molar-refractivity contribution in [3.63, 3.8) is 0 Å². The molecule has 0 radical (unpaired) electrons. The Labute approximate surface area is 148 Å². The van der Waals surface area contributed by atoms with Gasteiger partial charge in [-0.15, -0.1) is 0 Å². The molecule has 1 unspecified atom stereocenters. The predicted molar refractivity (Wildman–Crippen MR) is 101 cm³/mol. The van der Waals surface area contributed by atoms with Gasteiger partial charge in [0.1, 0.15) is 5.78 Å². The molecule has 24 heavy (non-hydrogen) atoms. The van der Waals surface area contributed by atoms with Crippen molar-refractivity contribution in [1.29, 1.82) is 0 Å². The summed E-state index contributed by atoms with van der Waals surface area (Å²) < 4.78 is 0. The molecule has 3 nitrogen and oxygen atoms in total. The lowest BCUT2D eigenvalue weighted by Crippen LogP contribution is -2.47. The molecule has 0 aromatic heterocycles. The van der Waals surface area contributed by atoms with Gasteiger partial charge in [-0.05, 0) is 46.5 Å². The van der Waals surface area contributed by atoms with Crippen LogP contribution in [0.25, 0.3) is 0 Å². The Bertz CT molecular complexity index is 524. The normalized spacial score (nSPS) is 22.6. The molecule has 1 rings (SSSR count). The molecule has 1 aliphatic rings. The number of rotatable bonds is 7. The maximum atomic E-state index is 12.9. The number of ketones is 1. The van der Waals surface area contributed by atoms with E-state index in [9.17, 15) is 9.59 Å². The van der Waals surface area contributed by atoms with E-state index in [1.807, 2.05) is 13.0 Å². The SMILES string of the molecule is CCC(C)[C@H]1C(C(=O)NC(C)(C)CCC=C(C)C)=CCC(=O)[C@@H]1C. The van der Waals surface area contributed by atoms with Crippen molar-refractivity contribution >= 4 is 11.7 Å². The van der Waals surface area contributed by atoms with E-state index in [0.717, 1.165) is 24.8 Å². The first kappa shape index (κ1) is 20.7. The molecule has 1 aliphatic carbocycles. The van der Waals surface area contributed by atoms with Gasteiger partial charge in [0.2, 0.25) is 5.91 Å². The van der Waals surface area contributed by atoms with Gasteiger partial charge in [-0.3, -0.25) is 9.59 Å². The van der Waals surface area contributed by atoms with Gasteiger partial charge in [0.15, 0.2) is 0 Å². The zero-order valence-corrected chi connectivity index (χ0v) is 16.5. The third-order valence-electron chi connectivity index (χ3n) is 5.22. The van der Waals surface area contributed by atoms with E-state index in [1.165, 1.54) is 5.57 Å². The summed E-state index contributed by atoms with van der Waals surface area (Å²) in [5.41, 5.74) is 1.86. The van der Waals surface area contributed by atoms with Crippen LogP contribution in [0.2, 0.25) is 0 Å². The summed E-state index contributed by atoms with van der Waals surface area (Å²) in [4.78, 5) is 25.0. The molecule has 0 bridgehead atoms. The van der Waals surface area contributed by atoms with Gasteiger partial charge >= 0.3 is 0 Å². The Morgan fingerprint density at radius 3 is 2.58 bits per heavy atom. The van der Waals surface area contributed by atoms with Crippen LogP contribution >= 0.6 is 0 Å².